The Kier molecular flexibility index (Phi) is 6.26. The number of nitrogens with two attached hydrogens (primary N) is 1. The summed E-state index contributed by atoms with van der Waals surface area (Å²) in [4.78, 5) is 26.0. The van der Waals surface area contributed by atoms with Gasteiger partial charge in [0, 0.05) is 39.3 Å². The van der Waals surface area contributed by atoms with Crippen LogP contribution in [-0.2, 0) is 4.74 Å². The minimum absolute atomic E-state index is 0.312. The van der Waals surface area contributed by atoms with Crippen LogP contribution in [0.3, 0.4) is 0 Å². The predicted molar refractivity (Wildman–Crippen MR) is 81.0 cm³/mol. The smallest absolute Gasteiger partial charge is 0.410 e. The van der Waals surface area contributed by atoms with E-state index in [0.29, 0.717) is 32.2 Å². The van der Waals surface area contributed by atoms with Crippen LogP contribution in [0.25, 0.3) is 0 Å². The summed E-state index contributed by atoms with van der Waals surface area (Å²) in [6.07, 6.45) is 1.46. The highest BCUT2D eigenvalue weighted by Gasteiger charge is 2.22. The van der Waals surface area contributed by atoms with Crippen molar-refractivity contribution in [1.82, 2.24) is 15.1 Å². The lowest BCUT2D eigenvalue weighted by atomic mass is 10.1. The summed E-state index contributed by atoms with van der Waals surface area (Å²) in [5, 5.41) is 3.40. The lowest BCUT2D eigenvalue weighted by molar-refractivity contribution is 0.0298. The fourth-order valence-corrected chi connectivity index (χ4v) is 2.17. The number of carbonyl (C=O) groups excluding carboxylic acids is 2. The van der Waals surface area contributed by atoms with Gasteiger partial charge in [0.05, 0.1) is 0 Å². The third-order valence-corrected chi connectivity index (χ3v) is 3.39. The standard InChI is InChI=1S/C14H28N4O3/c1-14(2,3)21-13(20)17(4)10-7-16-11-5-8-18(9-6-11)12(15)19/h11,16H,5-10H2,1-4H3,(H2,15,19). The van der Waals surface area contributed by atoms with Crippen LogP contribution in [0.1, 0.15) is 33.6 Å². The maximum atomic E-state index is 11.8. The first kappa shape index (κ1) is 17.6. The maximum absolute atomic E-state index is 11.8. The highest BCUT2D eigenvalue weighted by atomic mass is 16.6. The Morgan fingerprint density at radius 1 is 1.33 bits per heavy atom. The number of ether oxygens (including phenoxy) is 1. The van der Waals surface area contributed by atoms with Crippen molar-refractivity contribution in [2.45, 2.75) is 45.3 Å². The fourth-order valence-electron chi connectivity index (χ4n) is 2.17. The first-order chi connectivity index (χ1) is 9.69. The molecule has 1 saturated heterocycles. The van der Waals surface area contributed by atoms with Crippen molar-refractivity contribution in [1.29, 1.82) is 0 Å². The Morgan fingerprint density at radius 2 is 1.90 bits per heavy atom. The summed E-state index contributed by atoms with van der Waals surface area (Å²) in [6.45, 7) is 8.22. The van der Waals surface area contributed by atoms with Gasteiger partial charge in [-0.15, -0.1) is 0 Å². The zero-order valence-corrected chi connectivity index (χ0v) is 13.5. The highest BCUT2D eigenvalue weighted by Crippen LogP contribution is 2.10. The topological polar surface area (TPSA) is 87.9 Å². The number of hydrogen-bond acceptors (Lipinski definition) is 4. The van der Waals surface area contributed by atoms with Crippen molar-refractivity contribution >= 4 is 12.1 Å². The molecular weight excluding hydrogens is 272 g/mol. The minimum atomic E-state index is -0.472. The fraction of sp³-hybridized carbons (Fsp3) is 0.857. The number of likely N-dealkylation sites (N-methyl/N-ethyl adjacent to an activating group) is 1. The molecule has 0 saturated carbocycles. The van der Waals surface area contributed by atoms with E-state index in [4.69, 9.17) is 10.5 Å². The molecule has 0 bridgehead atoms. The van der Waals surface area contributed by atoms with Crippen molar-refractivity contribution in [3.05, 3.63) is 0 Å². The average molecular weight is 300 g/mol. The van der Waals surface area contributed by atoms with Gasteiger partial charge in [-0.25, -0.2) is 9.59 Å². The zero-order chi connectivity index (χ0) is 16.0. The van der Waals surface area contributed by atoms with Crippen LogP contribution >= 0.6 is 0 Å². The number of carbonyl (C=O) groups is 2. The van der Waals surface area contributed by atoms with Gasteiger partial charge in [0.1, 0.15) is 5.60 Å². The summed E-state index contributed by atoms with van der Waals surface area (Å²) in [5.74, 6) is 0. The molecular formula is C14H28N4O3. The van der Waals surface area contributed by atoms with Gasteiger partial charge < -0.3 is 25.6 Å². The van der Waals surface area contributed by atoms with E-state index in [1.807, 2.05) is 20.8 Å². The Balaban J connectivity index is 2.19. The van der Waals surface area contributed by atoms with E-state index in [0.717, 1.165) is 12.8 Å². The van der Waals surface area contributed by atoms with Crippen molar-refractivity contribution in [3.63, 3.8) is 0 Å². The Bertz CT molecular complexity index is 360. The molecule has 0 aliphatic carbocycles. The number of primary amides is 1. The van der Waals surface area contributed by atoms with E-state index in [1.54, 1.807) is 16.8 Å². The lowest BCUT2D eigenvalue weighted by Gasteiger charge is -2.31. The molecule has 122 valence electrons. The van der Waals surface area contributed by atoms with Crippen LogP contribution in [0.4, 0.5) is 9.59 Å². The molecule has 21 heavy (non-hydrogen) atoms. The van der Waals surface area contributed by atoms with Gasteiger partial charge in [0.25, 0.3) is 0 Å². The van der Waals surface area contributed by atoms with Crippen LogP contribution in [-0.4, -0.2) is 66.8 Å². The van der Waals surface area contributed by atoms with Gasteiger partial charge in [-0.3, -0.25) is 0 Å². The van der Waals surface area contributed by atoms with Crippen molar-refractivity contribution < 1.29 is 14.3 Å². The molecule has 3 amide bonds. The minimum Gasteiger partial charge on any atom is -0.444 e. The molecule has 1 aliphatic heterocycles. The molecule has 1 rings (SSSR count). The second-order valence-electron chi connectivity index (χ2n) is 6.46. The van der Waals surface area contributed by atoms with E-state index < -0.39 is 5.60 Å². The van der Waals surface area contributed by atoms with Gasteiger partial charge in [-0.2, -0.15) is 0 Å². The van der Waals surface area contributed by atoms with Gasteiger partial charge >= 0.3 is 12.1 Å². The number of amides is 3. The molecule has 0 aromatic carbocycles. The number of piperidine rings is 1. The largest absolute Gasteiger partial charge is 0.444 e. The Hall–Kier alpha value is -1.50. The third kappa shape index (κ3) is 6.66. The third-order valence-electron chi connectivity index (χ3n) is 3.39. The average Bonchev–Trinajstić information content (AvgIpc) is 2.37. The molecule has 0 radical (unpaired) electrons. The monoisotopic (exact) mass is 300 g/mol. The number of likely N-dealkylation sites (tertiary alicyclic amines) is 1. The molecule has 1 heterocycles. The van der Waals surface area contributed by atoms with Crippen LogP contribution < -0.4 is 11.1 Å². The highest BCUT2D eigenvalue weighted by molar-refractivity contribution is 5.72. The van der Waals surface area contributed by atoms with Crippen molar-refractivity contribution in [2.75, 3.05) is 33.2 Å². The quantitative estimate of drug-likeness (QED) is 0.810. The first-order valence-electron chi connectivity index (χ1n) is 7.41. The Morgan fingerprint density at radius 3 is 2.38 bits per heavy atom. The summed E-state index contributed by atoms with van der Waals surface area (Å²) < 4.78 is 5.28. The van der Waals surface area contributed by atoms with Crippen LogP contribution in [0.2, 0.25) is 0 Å². The molecule has 3 N–H and O–H groups in total. The molecule has 0 aromatic heterocycles. The van der Waals surface area contributed by atoms with E-state index in [-0.39, 0.29) is 12.1 Å². The molecule has 1 aliphatic rings. The molecule has 7 heteroatoms. The number of urea groups is 1. The maximum Gasteiger partial charge on any atom is 0.410 e. The number of nitrogens with one attached hydrogen (secondary N) is 1. The molecule has 1 fully saturated rings. The van der Waals surface area contributed by atoms with Gasteiger partial charge in [-0.05, 0) is 33.6 Å². The van der Waals surface area contributed by atoms with E-state index in [2.05, 4.69) is 5.32 Å². The Labute approximate surface area is 126 Å². The van der Waals surface area contributed by atoms with Crippen LogP contribution in [0.5, 0.6) is 0 Å². The number of rotatable bonds is 4. The van der Waals surface area contributed by atoms with E-state index in [9.17, 15) is 9.59 Å². The van der Waals surface area contributed by atoms with E-state index in [1.165, 1.54) is 0 Å². The van der Waals surface area contributed by atoms with Crippen LogP contribution in [0, 0.1) is 0 Å². The normalized spacial score (nSPS) is 16.7. The van der Waals surface area contributed by atoms with Crippen molar-refractivity contribution in [2.24, 2.45) is 5.73 Å². The second-order valence-corrected chi connectivity index (χ2v) is 6.46. The summed E-state index contributed by atoms with van der Waals surface area (Å²) in [7, 11) is 1.73. The lowest BCUT2D eigenvalue weighted by Crippen LogP contribution is -2.48. The predicted octanol–water partition coefficient (Wildman–Crippen LogP) is 0.986. The molecule has 0 spiro atoms. The molecule has 0 unspecified atom stereocenters. The van der Waals surface area contributed by atoms with Gasteiger partial charge in [0.15, 0.2) is 0 Å². The van der Waals surface area contributed by atoms with Gasteiger partial charge in [-0.1, -0.05) is 0 Å². The number of nitrogens with zero attached hydrogens (tertiary/aromatic N) is 2. The summed E-state index contributed by atoms with van der Waals surface area (Å²) in [5.41, 5.74) is 4.77. The van der Waals surface area contributed by atoms with Gasteiger partial charge in [0.2, 0.25) is 0 Å². The summed E-state index contributed by atoms with van der Waals surface area (Å²) >= 11 is 0. The van der Waals surface area contributed by atoms with Crippen LogP contribution in [0.15, 0.2) is 0 Å². The first-order valence-corrected chi connectivity index (χ1v) is 7.41. The SMILES string of the molecule is CN(CCNC1CCN(C(N)=O)CC1)C(=O)OC(C)(C)C. The molecule has 7 nitrogen and oxygen atoms in total. The molecule has 0 aromatic rings. The molecule has 0 atom stereocenters. The second kappa shape index (κ2) is 7.49. The zero-order valence-electron chi connectivity index (χ0n) is 13.5. The summed E-state index contributed by atoms with van der Waals surface area (Å²) in [6, 6.07) is 0.0192. The van der Waals surface area contributed by atoms with Crippen molar-refractivity contribution in [3.8, 4) is 0 Å². The van der Waals surface area contributed by atoms with E-state index >= 15 is 0 Å². The number of hydrogen-bond donors (Lipinski definition) is 2.